The lowest BCUT2D eigenvalue weighted by Gasteiger charge is -2.29. The molecular weight excluding hydrogens is 420 g/mol. The number of rotatable bonds is 15. The minimum atomic E-state index is -1.35. The molecule has 0 radical (unpaired) electrons. The van der Waals surface area contributed by atoms with Crippen LogP contribution in [0.25, 0.3) is 0 Å². The first-order valence-electron chi connectivity index (χ1n) is 13.3. The van der Waals surface area contributed by atoms with Gasteiger partial charge in [0.2, 0.25) is 0 Å². The summed E-state index contributed by atoms with van der Waals surface area (Å²) in [7, 11) is -1.35. The fourth-order valence-electron chi connectivity index (χ4n) is 4.53. The number of carbonyl (C=O) groups excluding carboxylic acids is 1. The highest BCUT2D eigenvalue weighted by atomic mass is 28.3. The fraction of sp³-hybridized carbons (Fsp3) is 0.567. The molecule has 2 rings (SSSR count). The third-order valence-corrected chi connectivity index (χ3v) is 9.36. The summed E-state index contributed by atoms with van der Waals surface area (Å²) < 4.78 is 5.62. The third-order valence-electron chi connectivity index (χ3n) is 6.64. The van der Waals surface area contributed by atoms with Crippen LogP contribution in [-0.2, 0) is 6.42 Å². The van der Waals surface area contributed by atoms with Crippen LogP contribution in [0, 0.1) is 0 Å². The predicted molar refractivity (Wildman–Crippen MR) is 145 cm³/mol. The van der Waals surface area contributed by atoms with Gasteiger partial charge in [-0.2, -0.15) is 0 Å². The molecular formula is C30H46O2Si. The van der Waals surface area contributed by atoms with E-state index in [1.165, 1.54) is 75.3 Å². The number of hydrogen-bond acceptors (Lipinski definition) is 2. The number of hydrogen-bond donors (Lipinski definition) is 0. The molecule has 0 fully saturated rings. The Hall–Kier alpha value is -1.87. The van der Waals surface area contributed by atoms with E-state index < -0.39 is 8.07 Å². The predicted octanol–water partition coefficient (Wildman–Crippen LogP) is 9.35. The second-order valence-electron chi connectivity index (χ2n) is 10.6. The molecule has 2 nitrogen and oxygen atoms in total. The van der Waals surface area contributed by atoms with Crippen LogP contribution in [0.4, 0.5) is 0 Å². The van der Waals surface area contributed by atoms with E-state index in [4.69, 9.17) is 4.74 Å². The molecule has 3 heteroatoms. The molecule has 0 amide bonds. The number of esters is 1. The molecule has 0 aromatic heterocycles. The van der Waals surface area contributed by atoms with Crippen LogP contribution in [0.3, 0.4) is 0 Å². The van der Waals surface area contributed by atoms with Crippen molar-refractivity contribution in [2.45, 2.75) is 110 Å². The van der Waals surface area contributed by atoms with E-state index in [0.717, 1.165) is 6.42 Å². The molecule has 0 heterocycles. The van der Waals surface area contributed by atoms with Gasteiger partial charge in [-0.15, -0.1) is 0 Å². The van der Waals surface area contributed by atoms with Crippen molar-refractivity contribution < 1.29 is 9.53 Å². The van der Waals surface area contributed by atoms with Crippen LogP contribution >= 0.6 is 0 Å². The van der Waals surface area contributed by atoms with Crippen LogP contribution in [0.15, 0.2) is 48.5 Å². The second-order valence-corrected chi connectivity index (χ2v) is 16.0. The number of unbranched alkanes of at least 4 members (excludes halogenated alkanes) is 7. The summed E-state index contributed by atoms with van der Waals surface area (Å²) in [6.07, 6.45) is 14.2. The van der Waals surface area contributed by atoms with Gasteiger partial charge in [-0.05, 0) is 60.2 Å². The SMILES string of the molecule is CCCCCCCCCC(c1ccc(C(=O)Oc2ccc(CCCC)cc2)cc1)[Si](C)(C)C. The van der Waals surface area contributed by atoms with Gasteiger partial charge in [-0.1, -0.05) is 109 Å². The topological polar surface area (TPSA) is 26.3 Å². The van der Waals surface area contributed by atoms with Gasteiger partial charge < -0.3 is 4.74 Å². The number of ether oxygens (including phenoxy) is 1. The van der Waals surface area contributed by atoms with Crippen LogP contribution in [0.1, 0.15) is 105 Å². The monoisotopic (exact) mass is 466 g/mol. The molecule has 0 saturated carbocycles. The summed E-state index contributed by atoms with van der Waals surface area (Å²) in [5, 5.41) is 0. The standard InChI is InChI=1S/C30H46O2Si/c1-6-8-10-11-12-13-14-16-29(33(3,4)5)26-19-21-27(22-20-26)30(31)32-28-23-17-25(18-24-28)15-9-7-2/h17-24,29H,6-16H2,1-5H3. The van der Waals surface area contributed by atoms with Crippen LogP contribution in [0.2, 0.25) is 19.6 Å². The van der Waals surface area contributed by atoms with Gasteiger partial charge in [0.15, 0.2) is 0 Å². The summed E-state index contributed by atoms with van der Waals surface area (Å²) >= 11 is 0. The van der Waals surface area contributed by atoms with Crippen LogP contribution < -0.4 is 4.74 Å². The molecule has 2 aromatic rings. The summed E-state index contributed by atoms with van der Waals surface area (Å²) in [5.74, 6) is 0.336. The van der Waals surface area contributed by atoms with E-state index in [0.29, 0.717) is 16.9 Å². The molecule has 33 heavy (non-hydrogen) atoms. The van der Waals surface area contributed by atoms with Crippen LogP contribution in [0.5, 0.6) is 5.75 Å². The number of carbonyl (C=O) groups is 1. The zero-order chi connectivity index (χ0) is 24.1. The lowest BCUT2D eigenvalue weighted by atomic mass is 10.0. The van der Waals surface area contributed by atoms with Gasteiger partial charge in [0.25, 0.3) is 0 Å². The van der Waals surface area contributed by atoms with Gasteiger partial charge in [0, 0.05) is 0 Å². The molecule has 0 N–H and O–H groups in total. The molecule has 0 aliphatic carbocycles. The van der Waals surface area contributed by atoms with Crippen molar-refractivity contribution in [2.24, 2.45) is 0 Å². The number of aryl methyl sites for hydroxylation is 1. The minimum absolute atomic E-state index is 0.278. The van der Waals surface area contributed by atoms with Crippen molar-refractivity contribution in [2.75, 3.05) is 0 Å². The van der Waals surface area contributed by atoms with Crippen molar-refractivity contribution in [3.63, 3.8) is 0 Å². The lowest BCUT2D eigenvalue weighted by Crippen LogP contribution is -2.31. The Labute approximate surface area is 204 Å². The Morgan fingerprint density at radius 1 is 0.758 bits per heavy atom. The maximum Gasteiger partial charge on any atom is 0.343 e. The van der Waals surface area contributed by atoms with Crippen LogP contribution in [-0.4, -0.2) is 14.0 Å². The first kappa shape index (κ1) is 27.4. The molecule has 182 valence electrons. The molecule has 2 aromatic carbocycles. The highest BCUT2D eigenvalue weighted by Crippen LogP contribution is 2.32. The highest BCUT2D eigenvalue weighted by molar-refractivity contribution is 6.77. The maximum atomic E-state index is 12.7. The zero-order valence-corrected chi connectivity index (χ0v) is 22.8. The van der Waals surface area contributed by atoms with E-state index in [2.05, 4.69) is 57.8 Å². The minimum Gasteiger partial charge on any atom is -0.423 e. The Kier molecular flexibility index (Phi) is 11.9. The van der Waals surface area contributed by atoms with Crippen molar-refractivity contribution in [1.29, 1.82) is 0 Å². The van der Waals surface area contributed by atoms with Gasteiger partial charge in [-0.25, -0.2) is 4.79 Å². The highest BCUT2D eigenvalue weighted by Gasteiger charge is 2.27. The second kappa shape index (κ2) is 14.4. The molecule has 0 aliphatic heterocycles. The van der Waals surface area contributed by atoms with E-state index >= 15 is 0 Å². The summed E-state index contributed by atoms with van der Waals surface area (Å²) in [4.78, 5) is 12.7. The lowest BCUT2D eigenvalue weighted by molar-refractivity contribution is 0.0734. The zero-order valence-electron chi connectivity index (χ0n) is 21.8. The summed E-state index contributed by atoms with van der Waals surface area (Å²) in [5.41, 5.74) is 3.93. The van der Waals surface area contributed by atoms with E-state index in [-0.39, 0.29) is 5.97 Å². The smallest absolute Gasteiger partial charge is 0.343 e. The molecule has 1 atom stereocenters. The van der Waals surface area contributed by atoms with Crippen molar-refractivity contribution in [3.05, 3.63) is 65.2 Å². The van der Waals surface area contributed by atoms with Gasteiger partial charge in [0.05, 0.1) is 13.6 Å². The van der Waals surface area contributed by atoms with E-state index in [1.807, 2.05) is 24.3 Å². The van der Waals surface area contributed by atoms with E-state index in [1.54, 1.807) is 0 Å². The first-order valence-corrected chi connectivity index (χ1v) is 16.8. The van der Waals surface area contributed by atoms with Gasteiger partial charge in [-0.3, -0.25) is 0 Å². The van der Waals surface area contributed by atoms with E-state index in [9.17, 15) is 4.79 Å². The Morgan fingerprint density at radius 3 is 1.91 bits per heavy atom. The Morgan fingerprint density at radius 2 is 1.33 bits per heavy atom. The normalized spacial score (nSPS) is 12.5. The quantitative estimate of drug-likeness (QED) is 0.113. The first-order chi connectivity index (χ1) is 15.8. The Balaban J connectivity index is 1.92. The van der Waals surface area contributed by atoms with Crippen molar-refractivity contribution in [1.82, 2.24) is 0 Å². The van der Waals surface area contributed by atoms with Crippen molar-refractivity contribution >= 4 is 14.0 Å². The molecule has 1 unspecified atom stereocenters. The molecule has 0 aliphatic rings. The third kappa shape index (κ3) is 9.88. The van der Waals surface area contributed by atoms with Gasteiger partial charge >= 0.3 is 5.97 Å². The fourth-order valence-corrected chi connectivity index (χ4v) is 6.79. The summed E-state index contributed by atoms with van der Waals surface area (Å²) in [6.45, 7) is 11.9. The molecule has 0 spiro atoms. The Bertz CT molecular complexity index is 803. The molecule has 0 saturated heterocycles. The molecule has 0 bridgehead atoms. The number of benzene rings is 2. The average Bonchev–Trinajstić information content (AvgIpc) is 2.80. The average molecular weight is 467 g/mol. The summed E-state index contributed by atoms with van der Waals surface area (Å²) in [6, 6.07) is 16.1. The van der Waals surface area contributed by atoms with Gasteiger partial charge in [0.1, 0.15) is 5.75 Å². The largest absolute Gasteiger partial charge is 0.423 e. The van der Waals surface area contributed by atoms with Crippen molar-refractivity contribution in [3.8, 4) is 5.75 Å². The maximum absolute atomic E-state index is 12.7.